The van der Waals surface area contributed by atoms with Gasteiger partial charge in [0.2, 0.25) is 0 Å². The third-order valence-corrected chi connectivity index (χ3v) is 4.99. The van der Waals surface area contributed by atoms with E-state index < -0.39 is 5.72 Å². The minimum atomic E-state index is -0.690. The number of fused-ring (bicyclic) bond motifs is 6. The SMILES string of the molecule is C=CCN1C(=O)NC2CC1(C)Oc1c2cc(Cl)c2ccccc12. The molecule has 2 aliphatic rings. The van der Waals surface area contributed by atoms with Crippen molar-refractivity contribution < 1.29 is 9.53 Å². The number of hydrogen-bond acceptors (Lipinski definition) is 2. The largest absolute Gasteiger partial charge is 0.467 e. The number of benzene rings is 2. The highest BCUT2D eigenvalue weighted by Gasteiger charge is 2.49. The fourth-order valence-corrected chi connectivity index (χ4v) is 3.87. The average molecular weight is 329 g/mol. The van der Waals surface area contributed by atoms with Crippen molar-refractivity contribution in [3.8, 4) is 5.75 Å². The first-order valence-corrected chi connectivity index (χ1v) is 8.00. The van der Waals surface area contributed by atoms with Crippen LogP contribution in [0.2, 0.25) is 5.02 Å². The first kappa shape index (κ1) is 14.4. The summed E-state index contributed by atoms with van der Waals surface area (Å²) in [7, 11) is 0. The normalized spacial score (nSPS) is 25.6. The molecule has 5 heteroatoms. The molecule has 1 fully saturated rings. The van der Waals surface area contributed by atoms with Crippen molar-refractivity contribution in [1.29, 1.82) is 0 Å². The van der Waals surface area contributed by atoms with E-state index in [4.69, 9.17) is 16.3 Å². The Balaban J connectivity index is 1.93. The molecule has 4 rings (SSSR count). The Hall–Kier alpha value is -2.20. The van der Waals surface area contributed by atoms with Gasteiger partial charge in [0, 0.05) is 34.3 Å². The number of halogens is 1. The second kappa shape index (κ2) is 4.90. The third-order valence-electron chi connectivity index (χ3n) is 4.68. The Morgan fingerprint density at radius 2 is 2.22 bits per heavy atom. The van der Waals surface area contributed by atoms with E-state index in [1.165, 1.54) is 0 Å². The topological polar surface area (TPSA) is 41.6 Å². The predicted octanol–water partition coefficient (Wildman–Crippen LogP) is 4.24. The Bertz CT molecular complexity index is 835. The molecule has 23 heavy (non-hydrogen) atoms. The van der Waals surface area contributed by atoms with Crippen molar-refractivity contribution in [2.75, 3.05) is 6.54 Å². The monoisotopic (exact) mass is 328 g/mol. The highest BCUT2D eigenvalue weighted by atomic mass is 35.5. The van der Waals surface area contributed by atoms with Crippen molar-refractivity contribution in [3.05, 3.63) is 53.6 Å². The van der Waals surface area contributed by atoms with Crippen LogP contribution in [0, 0.1) is 0 Å². The number of ether oxygens (including phenoxy) is 1. The average Bonchev–Trinajstić information content (AvgIpc) is 2.53. The van der Waals surface area contributed by atoms with Gasteiger partial charge in [-0.3, -0.25) is 4.90 Å². The van der Waals surface area contributed by atoms with E-state index >= 15 is 0 Å². The van der Waals surface area contributed by atoms with Crippen LogP contribution >= 0.6 is 11.6 Å². The van der Waals surface area contributed by atoms with E-state index in [2.05, 4.69) is 11.9 Å². The summed E-state index contributed by atoms with van der Waals surface area (Å²) >= 11 is 6.43. The van der Waals surface area contributed by atoms with Gasteiger partial charge in [0.25, 0.3) is 0 Å². The number of urea groups is 1. The molecule has 4 nitrogen and oxygen atoms in total. The van der Waals surface area contributed by atoms with Crippen LogP contribution in [0.15, 0.2) is 43.0 Å². The number of nitrogens with zero attached hydrogens (tertiary/aromatic N) is 1. The van der Waals surface area contributed by atoms with Crippen molar-refractivity contribution in [2.45, 2.75) is 25.1 Å². The first-order valence-electron chi connectivity index (χ1n) is 7.63. The number of carbonyl (C=O) groups excluding carboxylic acids is 1. The summed E-state index contributed by atoms with van der Waals surface area (Å²) in [5, 5.41) is 5.66. The van der Waals surface area contributed by atoms with Crippen LogP contribution in [-0.2, 0) is 0 Å². The minimum Gasteiger partial charge on any atom is -0.467 e. The quantitative estimate of drug-likeness (QED) is 0.838. The zero-order valence-electron chi connectivity index (χ0n) is 12.8. The number of carbonyl (C=O) groups is 1. The molecule has 2 aliphatic heterocycles. The Morgan fingerprint density at radius 3 is 2.96 bits per heavy atom. The van der Waals surface area contributed by atoms with E-state index in [0.717, 1.165) is 22.1 Å². The van der Waals surface area contributed by atoms with Crippen LogP contribution in [0.3, 0.4) is 0 Å². The molecule has 2 heterocycles. The summed E-state index contributed by atoms with van der Waals surface area (Å²) < 4.78 is 6.35. The van der Waals surface area contributed by atoms with Crippen molar-refractivity contribution in [1.82, 2.24) is 10.2 Å². The lowest BCUT2D eigenvalue weighted by Gasteiger charge is -2.50. The van der Waals surface area contributed by atoms with Gasteiger partial charge < -0.3 is 10.1 Å². The van der Waals surface area contributed by atoms with Gasteiger partial charge in [-0.15, -0.1) is 6.58 Å². The number of rotatable bonds is 2. The molecule has 2 bridgehead atoms. The minimum absolute atomic E-state index is 0.0978. The van der Waals surface area contributed by atoms with Gasteiger partial charge in [0.15, 0.2) is 5.72 Å². The van der Waals surface area contributed by atoms with Gasteiger partial charge >= 0.3 is 6.03 Å². The fraction of sp³-hybridized carbons (Fsp3) is 0.278. The molecule has 1 N–H and O–H groups in total. The summed E-state index contributed by atoms with van der Waals surface area (Å²) in [6.07, 6.45) is 2.39. The summed E-state index contributed by atoms with van der Waals surface area (Å²) in [5.74, 6) is 0.804. The molecule has 2 amide bonds. The summed E-state index contributed by atoms with van der Waals surface area (Å²) in [6, 6.07) is 9.58. The molecule has 2 unspecified atom stereocenters. The lowest BCUT2D eigenvalue weighted by Crippen LogP contribution is -2.64. The Kier molecular flexibility index (Phi) is 3.07. The van der Waals surface area contributed by atoms with Crippen LogP contribution in [0.1, 0.15) is 24.9 Å². The maximum atomic E-state index is 12.4. The molecule has 118 valence electrons. The number of nitrogens with one attached hydrogen (secondary N) is 1. The smallest absolute Gasteiger partial charge is 0.321 e. The molecular weight excluding hydrogens is 312 g/mol. The lowest BCUT2D eigenvalue weighted by molar-refractivity contribution is -0.0776. The second-order valence-corrected chi connectivity index (χ2v) is 6.61. The van der Waals surface area contributed by atoms with Gasteiger partial charge in [-0.2, -0.15) is 0 Å². The molecule has 0 spiro atoms. The highest BCUT2D eigenvalue weighted by Crippen LogP contribution is 2.48. The molecule has 2 aromatic rings. The van der Waals surface area contributed by atoms with Gasteiger partial charge in [-0.1, -0.05) is 41.9 Å². The fourth-order valence-electron chi connectivity index (χ4n) is 3.59. The molecule has 0 saturated carbocycles. The van der Waals surface area contributed by atoms with Crippen molar-refractivity contribution >= 4 is 28.4 Å². The van der Waals surface area contributed by atoms with E-state index in [1.54, 1.807) is 11.0 Å². The third kappa shape index (κ3) is 2.01. The first-order chi connectivity index (χ1) is 11.0. The van der Waals surface area contributed by atoms with Crippen molar-refractivity contribution in [3.63, 3.8) is 0 Å². The van der Waals surface area contributed by atoms with E-state index in [9.17, 15) is 4.79 Å². The number of amides is 2. The Labute approximate surface area is 139 Å². The maximum absolute atomic E-state index is 12.4. The zero-order valence-corrected chi connectivity index (χ0v) is 13.6. The van der Waals surface area contributed by atoms with E-state index in [-0.39, 0.29) is 12.1 Å². The van der Waals surface area contributed by atoms with Gasteiger partial charge in [0.1, 0.15) is 5.75 Å². The van der Waals surface area contributed by atoms with Crippen LogP contribution in [0.4, 0.5) is 4.79 Å². The summed E-state index contributed by atoms with van der Waals surface area (Å²) in [4.78, 5) is 14.1. The van der Waals surface area contributed by atoms with Gasteiger partial charge in [0.05, 0.1) is 6.04 Å². The molecule has 1 saturated heterocycles. The summed E-state index contributed by atoms with van der Waals surface area (Å²) in [5.41, 5.74) is 0.253. The van der Waals surface area contributed by atoms with E-state index in [1.807, 2.05) is 37.3 Å². The zero-order chi connectivity index (χ0) is 16.2. The summed E-state index contributed by atoms with van der Waals surface area (Å²) in [6.45, 7) is 6.13. The van der Waals surface area contributed by atoms with Crippen LogP contribution < -0.4 is 10.1 Å². The van der Waals surface area contributed by atoms with Crippen LogP contribution in [0.5, 0.6) is 5.75 Å². The van der Waals surface area contributed by atoms with Crippen LogP contribution in [0.25, 0.3) is 10.8 Å². The number of hydrogen-bond donors (Lipinski definition) is 1. The highest BCUT2D eigenvalue weighted by molar-refractivity contribution is 6.36. The molecule has 0 radical (unpaired) electrons. The second-order valence-electron chi connectivity index (χ2n) is 6.20. The molecule has 0 aromatic heterocycles. The Morgan fingerprint density at radius 1 is 1.48 bits per heavy atom. The van der Waals surface area contributed by atoms with Crippen molar-refractivity contribution in [2.24, 2.45) is 0 Å². The molecular formula is C18H17ClN2O2. The molecule has 2 aromatic carbocycles. The van der Waals surface area contributed by atoms with Gasteiger partial charge in [-0.05, 0) is 13.0 Å². The predicted molar refractivity (Wildman–Crippen MR) is 90.8 cm³/mol. The molecule has 2 atom stereocenters. The molecule has 0 aliphatic carbocycles. The standard InChI is InChI=1S/C18H17ClN2O2/c1-3-8-21-17(22)20-15-10-18(21,2)23-16-12-7-5-4-6-11(12)14(19)9-13(15)16/h3-7,9,15H,1,8,10H2,2H3,(H,20,22). The van der Waals surface area contributed by atoms with Gasteiger partial charge in [-0.25, -0.2) is 4.79 Å². The maximum Gasteiger partial charge on any atom is 0.321 e. The van der Waals surface area contributed by atoms with E-state index in [0.29, 0.717) is 18.0 Å². The van der Waals surface area contributed by atoms with Crippen LogP contribution in [-0.4, -0.2) is 23.2 Å². The lowest BCUT2D eigenvalue weighted by atomic mass is 9.88.